The van der Waals surface area contributed by atoms with Crippen LogP contribution in [0.2, 0.25) is 0 Å². The Kier molecular flexibility index (Phi) is 8.76. The Bertz CT molecular complexity index is 959. The minimum Gasteiger partial charge on any atom is -0.488 e. The van der Waals surface area contributed by atoms with Gasteiger partial charge < -0.3 is 24.8 Å². The lowest BCUT2D eigenvalue weighted by Gasteiger charge is -2.35. The second-order valence-corrected chi connectivity index (χ2v) is 6.99. The van der Waals surface area contributed by atoms with Crippen molar-refractivity contribution in [2.45, 2.75) is 13.0 Å². The van der Waals surface area contributed by atoms with E-state index in [1.54, 1.807) is 55.1 Å². The number of nitrogens with zero attached hydrogens (tertiary/aromatic N) is 4. The number of anilines is 1. The number of carboxylic acid groups (broad SMARTS) is 1. The van der Waals surface area contributed by atoms with Crippen LogP contribution in [0.15, 0.2) is 67.3 Å². The van der Waals surface area contributed by atoms with Crippen LogP contribution < -0.4 is 19.7 Å². The summed E-state index contributed by atoms with van der Waals surface area (Å²) in [5, 5.41) is 11.8. The molecule has 3 aromatic rings. The topological polar surface area (TPSA) is 110 Å². The molecule has 0 bridgehead atoms. The third-order valence-corrected chi connectivity index (χ3v) is 4.67. The fourth-order valence-electron chi connectivity index (χ4n) is 3.08. The molecule has 1 aliphatic rings. The summed E-state index contributed by atoms with van der Waals surface area (Å²) in [5.74, 6) is 1.20. The Morgan fingerprint density at radius 1 is 1.09 bits per heavy atom. The highest BCUT2D eigenvalue weighted by molar-refractivity contribution is 5.87. The molecule has 32 heavy (non-hydrogen) atoms. The summed E-state index contributed by atoms with van der Waals surface area (Å²) in [6.45, 7) is 5.75. The van der Waals surface area contributed by atoms with Crippen LogP contribution in [0.25, 0.3) is 0 Å². The van der Waals surface area contributed by atoms with Gasteiger partial charge in [0, 0.05) is 44.3 Å². The molecule has 168 valence electrons. The van der Waals surface area contributed by atoms with Crippen LogP contribution in [0.4, 0.5) is 5.82 Å². The number of hydrogen-bond acceptors (Lipinski definition) is 8. The maximum absolute atomic E-state index is 10.2. The van der Waals surface area contributed by atoms with Gasteiger partial charge in [-0.25, -0.2) is 14.8 Å². The average molecular weight is 438 g/mol. The summed E-state index contributed by atoms with van der Waals surface area (Å²) in [5.41, 5.74) is 0.331. The smallest absolute Gasteiger partial charge is 0.335 e. The Hall–Kier alpha value is -3.72. The average Bonchev–Trinajstić information content (AvgIpc) is 2.84. The van der Waals surface area contributed by atoms with Crippen molar-refractivity contribution < 1.29 is 19.4 Å². The SMILES string of the molecule is C[C@@H]1CNCCN1c1nccnc1OCCOc1cccnc1.O=C(O)c1ccccc1. The second-order valence-electron chi connectivity index (χ2n) is 6.99. The number of pyridine rings is 1. The molecule has 1 aliphatic heterocycles. The molecule has 1 fully saturated rings. The highest BCUT2D eigenvalue weighted by atomic mass is 16.5. The van der Waals surface area contributed by atoms with Crippen molar-refractivity contribution in [3.8, 4) is 11.6 Å². The van der Waals surface area contributed by atoms with Crippen LogP contribution in [-0.4, -0.2) is 64.9 Å². The normalized spacial score (nSPS) is 15.3. The van der Waals surface area contributed by atoms with E-state index in [2.05, 4.69) is 32.1 Å². The van der Waals surface area contributed by atoms with E-state index in [-0.39, 0.29) is 0 Å². The number of benzene rings is 1. The summed E-state index contributed by atoms with van der Waals surface area (Å²) in [4.78, 5) is 25.2. The molecule has 0 spiro atoms. The van der Waals surface area contributed by atoms with Gasteiger partial charge in [0.15, 0.2) is 5.82 Å². The zero-order valence-electron chi connectivity index (χ0n) is 17.9. The summed E-state index contributed by atoms with van der Waals surface area (Å²) in [6, 6.07) is 12.4. The molecule has 1 saturated heterocycles. The Balaban J connectivity index is 0.000000269. The van der Waals surface area contributed by atoms with Crippen LogP contribution in [0, 0.1) is 0 Å². The molecular formula is C23H27N5O4. The fraction of sp³-hybridized carbons (Fsp3) is 0.304. The minimum absolute atomic E-state index is 0.331. The molecule has 1 atom stereocenters. The van der Waals surface area contributed by atoms with E-state index in [4.69, 9.17) is 14.6 Å². The van der Waals surface area contributed by atoms with Crippen molar-refractivity contribution in [1.82, 2.24) is 20.3 Å². The van der Waals surface area contributed by atoms with Crippen molar-refractivity contribution in [1.29, 1.82) is 0 Å². The molecule has 0 aliphatic carbocycles. The molecule has 2 N–H and O–H groups in total. The fourth-order valence-corrected chi connectivity index (χ4v) is 3.08. The van der Waals surface area contributed by atoms with Crippen molar-refractivity contribution in [2.75, 3.05) is 37.7 Å². The number of piperazine rings is 1. The second kappa shape index (κ2) is 12.2. The van der Waals surface area contributed by atoms with Crippen LogP contribution in [0.1, 0.15) is 17.3 Å². The standard InChI is InChI=1S/C16H21N5O2.C7H6O2/c1-13-11-18-7-8-21(13)15-16(20-6-5-19-15)23-10-9-22-14-3-2-4-17-12-14;8-7(9)6-4-2-1-3-5-6/h2-6,12-13,18H,7-11H2,1H3;1-5H,(H,8,9)/t13-;/m1./s1. The predicted octanol–water partition coefficient (Wildman–Crippen LogP) is 2.51. The molecule has 9 nitrogen and oxygen atoms in total. The molecular weight excluding hydrogens is 410 g/mol. The van der Waals surface area contributed by atoms with E-state index in [9.17, 15) is 4.79 Å². The van der Waals surface area contributed by atoms with Gasteiger partial charge in [-0.3, -0.25) is 4.98 Å². The van der Waals surface area contributed by atoms with Crippen LogP contribution in [0.3, 0.4) is 0 Å². The van der Waals surface area contributed by atoms with Gasteiger partial charge in [0.1, 0.15) is 19.0 Å². The maximum Gasteiger partial charge on any atom is 0.335 e. The Morgan fingerprint density at radius 3 is 2.56 bits per heavy atom. The molecule has 0 unspecified atom stereocenters. The van der Waals surface area contributed by atoms with Crippen LogP contribution >= 0.6 is 0 Å². The largest absolute Gasteiger partial charge is 0.488 e. The minimum atomic E-state index is -0.879. The van der Waals surface area contributed by atoms with Gasteiger partial charge in [-0.05, 0) is 31.2 Å². The van der Waals surface area contributed by atoms with Gasteiger partial charge >= 0.3 is 5.97 Å². The number of aromatic carboxylic acids is 1. The number of aromatic nitrogens is 3. The van der Waals surface area contributed by atoms with Crippen molar-refractivity contribution in [3.05, 3.63) is 72.8 Å². The first kappa shape index (κ1) is 23.0. The van der Waals surface area contributed by atoms with Gasteiger partial charge in [-0.2, -0.15) is 0 Å². The zero-order chi connectivity index (χ0) is 22.6. The molecule has 1 aromatic carbocycles. The third kappa shape index (κ3) is 6.92. The predicted molar refractivity (Wildman–Crippen MR) is 120 cm³/mol. The van der Waals surface area contributed by atoms with E-state index >= 15 is 0 Å². The van der Waals surface area contributed by atoms with E-state index in [0.29, 0.717) is 30.7 Å². The summed E-state index contributed by atoms with van der Waals surface area (Å²) in [6.07, 6.45) is 6.73. The lowest BCUT2D eigenvalue weighted by atomic mass is 10.2. The van der Waals surface area contributed by atoms with Gasteiger partial charge in [0.2, 0.25) is 0 Å². The van der Waals surface area contributed by atoms with E-state index in [0.717, 1.165) is 31.2 Å². The summed E-state index contributed by atoms with van der Waals surface area (Å²) >= 11 is 0. The molecule has 0 saturated carbocycles. The number of hydrogen-bond donors (Lipinski definition) is 2. The highest BCUT2D eigenvalue weighted by Gasteiger charge is 2.23. The number of rotatable bonds is 7. The monoisotopic (exact) mass is 437 g/mol. The van der Waals surface area contributed by atoms with E-state index in [1.807, 2.05) is 12.1 Å². The molecule has 2 aromatic heterocycles. The molecule has 4 rings (SSSR count). The first-order valence-corrected chi connectivity index (χ1v) is 10.4. The van der Waals surface area contributed by atoms with Crippen LogP contribution in [-0.2, 0) is 0 Å². The Labute approximate surface area is 187 Å². The third-order valence-electron chi connectivity index (χ3n) is 4.67. The van der Waals surface area contributed by atoms with Gasteiger partial charge in [-0.1, -0.05) is 18.2 Å². The number of nitrogens with one attached hydrogen (secondary N) is 1. The molecule has 0 amide bonds. The number of ether oxygens (including phenoxy) is 2. The molecule has 0 radical (unpaired) electrons. The van der Waals surface area contributed by atoms with Gasteiger partial charge in [0.25, 0.3) is 5.88 Å². The van der Waals surface area contributed by atoms with Crippen LogP contribution in [0.5, 0.6) is 11.6 Å². The molecule has 3 heterocycles. The van der Waals surface area contributed by atoms with Gasteiger partial charge in [0.05, 0.1) is 11.8 Å². The first-order chi connectivity index (χ1) is 15.6. The lowest BCUT2D eigenvalue weighted by molar-refractivity contribution is 0.0697. The summed E-state index contributed by atoms with van der Waals surface area (Å²) < 4.78 is 11.4. The zero-order valence-corrected chi connectivity index (χ0v) is 17.9. The number of carbonyl (C=O) groups is 1. The quantitative estimate of drug-likeness (QED) is 0.539. The summed E-state index contributed by atoms with van der Waals surface area (Å²) in [7, 11) is 0. The number of carboxylic acids is 1. The first-order valence-electron chi connectivity index (χ1n) is 10.4. The van der Waals surface area contributed by atoms with Gasteiger partial charge in [-0.15, -0.1) is 0 Å². The van der Waals surface area contributed by atoms with Crippen molar-refractivity contribution >= 4 is 11.8 Å². The lowest BCUT2D eigenvalue weighted by Crippen LogP contribution is -2.50. The van der Waals surface area contributed by atoms with E-state index < -0.39 is 5.97 Å². The maximum atomic E-state index is 10.2. The van der Waals surface area contributed by atoms with Crippen molar-refractivity contribution in [2.24, 2.45) is 0 Å². The molecule has 9 heteroatoms. The van der Waals surface area contributed by atoms with E-state index in [1.165, 1.54) is 0 Å². The Morgan fingerprint density at radius 2 is 1.88 bits per heavy atom. The highest BCUT2D eigenvalue weighted by Crippen LogP contribution is 2.25. The van der Waals surface area contributed by atoms with Crippen molar-refractivity contribution in [3.63, 3.8) is 0 Å².